The van der Waals surface area contributed by atoms with Gasteiger partial charge in [0.25, 0.3) is 0 Å². The molecular weight excluding hydrogens is 548 g/mol. The van der Waals surface area contributed by atoms with Crippen LogP contribution < -0.4 is 0 Å². The minimum Gasteiger partial charge on any atom is -0.454 e. The number of aromatic amines is 2. The monoisotopic (exact) mass is 586 g/mol. The molecule has 0 radical (unpaired) electrons. The van der Waals surface area contributed by atoms with E-state index in [0.717, 1.165) is 0 Å². The quantitative estimate of drug-likeness (QED) is 0.249. The van der Waals surface area contributed by atoms with Crippen LogP contribution in [-0.2, 0) is 14.2 Å². The Bertz CT molecular complexity index is 1480. The number of hydrogen-bond acceptors (Lipinski definition) is 10. The lowest BCUT2D eigenvalue weighted by Gasteiger charge is -2.60. The van der Waals surface area contributed by atoms with Crippen molar-refractivity contribution in [2.75, 3.05) is 0 Å². The third-order valence-electron chi connectivity index (χ3n) is 12.3. The third-order valence-corrected chi connectivity index (χ3v) is 12.3. The summed E-state index contributed by atoms with van der Waals surface area (Å²) in [6, 6.07) is 6.17. The maximum atomic E-state index is 13.4. The van der Waals surface area contributed by atoms with Crippen LogP contribution in [0.1, 0.15) is 74.9 Å². The lowest BCUT2D eigenvalue weighted by molar-refractivity contribution is -0.389. The molecule has 8 rings (SSSR count). The zero-order chi connectivity index (χ0) is 30.5. The predicted octanol–water partition coefficient (Wildman–Crippen LogP) is 1.01. The van der Waals surface area contributed by atoms with Gasteiger partial charge >= 0.3 is 11.9 Å². The van der Waals surface area contributed by atoms with E-state index >= 15 is 0 Å². The van der Waals surface area contributed by atoms with E-state index in [4.69, 9.17) is 14.2 Å². The number of carbonyl (C=O) groups is 2. The number of carbonyl (C=O) groups excluding carboxylic acids is 2. The number of rotatable bonds is 5. The van der Waals surface area contributed by atoms with Crippen LogP contribution in [-0.4, -0.2) is 93.4 Å². The highest BCUT2D eigenvalue weighted by Crippen LogP contribution is 2.90. The first kappa shape index (κ1) is 28.1. The van der Waals surface area contributed by atoms with E-state index in [1.54, 1.807) is 39.1 Å². The van der Waals surface area contributed by atoms with Crippen LogP contribution in [0.2, 0.25) is 0 Å². The van der Waals surface area contributed by atoms with E-state index in [0.29, 0.717) is 6.42 Å². The van der Waals surface area contributed by atoms with Gasteiger partial charge in [-0.15, -0.1) is 0 Å². The largest absolute Gasteiger partial charge is 0.454 e. The van der Waals surface area contributed by atoms with Crippen LogP contribution in [0.5, 0.6) is 0 Å². The number of aromatic nitrogens is 2. The summed E-state index contributed by atoms with van der Waals surface area (Å²) in [5.74, 6) is -5.36. The average Bonchev–Trinajstić information content (AvgIpc) is 3.70. The van der Waals surface area contributed by atoms with Gasteiger partial charge in [-0.1, -0.05) is 27.7 Å². The minimum atomic E-state index is -2.68. The molecule has 228 valence electrons. The van der Waals surface area contributed by atoms with Crippen molar-refractivity contribution in [2.45, 2.75) is 99.9 Å². The molecule has 0 amide bonds. The fourth-order valence-electron chi connectivity index (χ4n) is 10.4. The van der Waals surface area contributed by atoms with E-state index < -0.39 is 87.0 Å². The van der Waals surface area contributed by atoms with Gasteiger partial charge in [-0.05, 0) is 55.9 Å². The van der Waals surface area contributed by atoms with E-state index in [1.807, 2.05) is 0 Å². The Kier molecular flexibility index (Phi) is 5.12. The fraction of sp³-hybridized carbons (Fsp3) is 0.667. The van der Waals surface area contributed by atoms with Gasteiger partial charge in [0.1, 0.15) is 39.9 Å². The van der Waals surface area contributed by atoms with E-state index in [9.17, 15) is 35.1 Å². The van der Waals surface area contributed by atoms with Crippen molar-refractivity contribution in [3.63, 3.8) is 0 Å². The zero-order valence-electron chi connectivity index (χ0n) is 24.2. The molecular formula is C30H38N2O10. The van der Waals surface area contributed by atoms with Crippen LogP contribution in [0, 0.1) is 22.7 Å². The number of hydrogen-bond donors (Lipinski definition) is 7. The molecule has 6 bridgehead atoms. The van der Waals surface area contributed by atoms with Crippen molar-refractivity contribution in [1.82, 2.24) is 9.97 Å². The number of ether oxygens (including phenoxy) is 3. The standard InChI is InChI=1S/C30H38N2O10/c1-15(2)27(37)22(41-21(34)18-9-7-13-32-18)28(38)23(4)14-26(36)24(27,5)30(28,39)29(42-26)19(16(3)10-11-25(23,29)35)40-20(33)17-8-6-12-31-17/h6-9,12-13,15-16,19,22,31-32,35-39H,10-11,14H2,1-5H3. The Morgan fingerprint density at radius 3 is 2.07 bits per heavy atom. The third kappa shape index (κ3) is 2.32. The van der Waals surface area contributed by atoms with E-state index in [2.05, 4.69) is 9.97 Å². The lowest BCUT2D eigenvalue weighted by Crippen LogP contribution is -2.75. The predicted molar refractivity (Wildman–Crippen MR) is 143 cm³/mol. The summed E-state index contributed by atoms with van der Waals surface area (Å²) in [7, 11) is 0. The summed E-state index contributed by atoms with van der Waals surface area (Å²) >= 11 is 0. The molecule has 2 aromatic rings. The van der Waals surface area contributed by atoms with Crippen molar-refractivity contribution in [2.24, 2.45) is 22.7 Å². The summed E-state index contributed by atoms with van der Waals surface area (Å²) in [4.78, 5) is 32.3. The van der Waals surface area contributed by atoms with E-state index in [-0.39, 0.29) is 17.8 Å². The summed E-state index contributed by atoms with van der Waals surface area (Å²) in [6.07, 6.45) is -0.224. The first-order valence-corrected chi connectivity index (χ1v) is 14.5. The van der Waals surface area contributed by atoms with Crippen LogP contribution in [0.3, 0.4) is 0 Å². The van der Waals surface area contributed by atoms with E-state index in [1.165, 1.54) is 32.2 Å². The topological polar surface area (TPSA) is 195 Å². The van der Waals surface area contributed by atoms with Crippen LogP contribution in [0.4, 0.5) is 0 Å². The van der Waals surface area contributed by atoms with Crippen molar-refractivity contribution < 1.29 is 49.3 Å². The van der Waals surface area contributed by atoms with Crippen molar-refractivity contribution in [3.05, 3.63) is 48.0 Å². The molecule has 2 aliphatic heterocycles. The molecule has 12 nitrogen and oxygen atoms in total. The summed E-state index contributed by atoms with van der Waals surface area (Å²) in [5.41, 5.74) is -15.7. The van der Waals surface area contributed by atoms with Gasteiger partial charge in [-0.3, -0.25) is 0 Å². The second kappa shape index (κ2) is 7.66. The van der Waals surface area contributed by atoms with Gasteiger partial charge < -0.3 is 49.7 Å². The minimum absolute atomic E-state index is 0.00933. The molecule has 4 aliphatic carbocycles. The van der Waals surface area contributed by atoms with Crippen LogP contribution >= 0.6 is 0 Å². The molecule has 2 aromatic heterocycles. The molecule has 4 heterocycles. The molecule has 11 atom stereocenters. The maximum absolute atomic E-state index is 13.4. The number of aliphatic hydroxyl groups is 5. The smallest absolute Gasteiger partial charge is 0.355 e. The van der Waals surface area contributed by atoms with Gasteiger partial charge in [0, 0.05) is 24.2 Å². The molecule has 11 unspecified atom stereocenters. The Morgan fingerprint density at radius 2 is 1.55 bits per heavy atom. The normalized spacial score (nSPS) is 51.6. The molecule has 6 fully saturated rings. The molecule has 1 spiro atoms. The summed E-state index contributed by atoms with van der Waals surface area (Å²) in [5, 5.41) is 64.4. The second-order valence-corrected chi connectivity index (χ2v) is 13.9. The first-order chi connectivity index (χ1) is 19.5. The van der Waals surface area contributed by atoms with Gasteiger partial charge in [-0.25, -0.2) is 9.59 Å². The lowest BCUT2D eigenvalue weighted by atomic mass is 9.52. The molecule has 0 aromatic carbocycles. The average molecular weight is 587 g/mol. The maximum Gasteiger partial charge on any atom is 0.355 e. The molecule has 4 saturated carbocycles. The Hall–Kier alpha value is -2.74. The Balaban J connectivity index is 1.50. The molecule has 42 heavy (non-hydrogen) atoms. The number of H-pyrrole nitrogens is 2. The van der Waals surface area contributed by atoms with Crippen LogP contribution in [0.25, 0.3) is 0 Å². The second-order valence-electron chi connectivity index (χ2n) is 13.9. The molecule has 2 saturated heterocycles. The van der Waals surface area contributed by atoms with Crippen LogP contribution in [0.15, 0.2) is 36.7 Å². The summed E-state index contributed by atoms with van der Waals surface area (Å²) < 4.78 is 18.5. The fourth-order valence-corrected chi connectivity index (χ4v) is 10.4. The van der Waals surface area contributed by atoms with Crippen molar-refractivity contribution in [3.8, 4) is 0 Å². The number of esters is 2. The Labute approximate surface area is 242 Å². The highest BCUT2D eigenvalue weighted by molar-refractivity contribution is 5.88. The Morgan fingerprint density at radius 1 is 0.976 bits per heavy atom. The molecule has 6 aliphatic rings. The SMILES string of the molecule is CC1CCC2(O)C3(C)CC4(O)OC2(C1OC(=O)c1ccc[nH]1)C1(O)C3(O)C(OC(=O)c2ccc[nH]2)C(O)(C(C)C)C41C. The highest BCUT2D eigenvalue weighted by atomic mass is 16.7. The van der Waals surface area contributed by atoms with Gasteiger partial charge in [0.15, 0.2) is 17.5 Å². The van der Waals surface area contributed by atoms with Crippen molar-refractivity contribution >= 4 is 11.9 Å². The van der Waals surface area contributed by atoms with Crippen molar-refractivity contribution in [1.29, 1.82) is 0 Å². The number of nitrogens with one attached hydrogen (secondary N) is 2. The van der Waals surface area contributed by atoms with Gasteiger partial charge in [0.05, 0.1) is 5.41 Å². The first-order valence-electron chi connectivity index (χ1n) is 14.5. The molecule has 12 heteroatoms. The van der Waals surface area contributed by atoms with Gasteiger partial charge in [0.2, 0.25) is 0 Å². The highest BCUT2D eigenvalue weighted by Gasteiger charge is 3.10. The molecule has 7 N–H and O–H groups in total. The zero-order valence-corrected chi connectivity index (χ0v) is 24.2. The summed E-state index contributed by atoms with van der Waals surface area (Å²) in [6.45, 7) is 7.92. The van der Waals surface area contributed by atoms with Gasteiger partial charge in [-0.2, -0.15) is 0 Å².